The lowest BCUT2D eigenvalue weighted by atomic mass is 10.1. The highest BCUT2D eigenvalue weighted by molar-refractivity contribution is 5.70. The fraction of sp³-hybridized carbons (Fsp3) is 0.727. The molecule has 0 spiro atoms. The van der Waals surface area contributed by atoms with E-state index in [1.54, 1.807) is 6.92 Å². The molecule has 0 aliphatic heterocycles. The largest absolute Gasteiger partial charge is 0.466 e. The molecule has 0 saturated carbocycles. The van der Waals surface area contributed by atoms with Crippen LogP contribution in [0.2, 0.25) is 0 Å². The predicted octanol–water partition coefficient (Wildman–Crippen LogP) is 2.01. The molecule has 82 valence electrons. The maximum Gasteiger partial charge on any atom is 0.307 e. The van der Waals surface area contributed by atoms with Gasteiger partial charge in [0.2, 0.25) is 0 Å². The molecule has 0 fully saturated rings. The molecular weight excluding hydrogens is 178 g/mol. The molecule has 1 atom stereocenters. The van der Waals surface area contributed by atoms with E-state index in [4.69, 9.17) is 10.5 Å². The second-order valence-corrected chi connectivity index (χ2v) is 3.63. The summed E-state index contributed by atoms with van der Waals surface area (Å²) in [5, 5.41) is 0. The van der Waals surface area contributed by atoms with E-state index in [0.717, 1.165) is 12.8 Å². The first kappa shape index (κ1) is 13.2. The van der Waals surface area contributed by atoms with E-state index >= 15 is 0 Å². The summed E-state index contributed by atoms with van der Waals surface area (Å²) >= 11 is 0. The lowest BCUT2D eigenvalue weighted by Gasteiger charge is -2.09. The lowest BCUT2D eigenvalue weighted by molar-refractivity contribution is -0.143. The quantitative estimate of drug-likeness (QED) is 0.526. The summed E-state index contributed by atoms with van der Waals surface area (Å²) < 4.78 is 4.81. The Morgan fingerprint density at radius 1 is 1.50 bits per heavy atom. The molecule has 0 aromatic heterocycles. The minimum Gasteiger partial charge on any atom is -0.466 e. The average Bonchev–Trinajstić information content (AvgIpc) is 2.03. The Hall–Kier alpha value is -0.830. The molecule has 0 radical (unpaired) electrons. The second kappa shape index (κ2) is 7.56. The Labute approximate surface area is 86.3 Å². The van der Waals surface area contributed by atoms with Gasteiger partial charge in [-0.2, -0.15) is 0 Å². The van der Waals surface area contributed by atoms with E-state index in [0.29, 0.717) is 13.0 Å². The van der Waals surface area contributed by atoms with Gasteiger partial charge in [0.25, 0.3) is 0 Å². The summed E-state index contributed by atoms with van der Waals surface area (Å²) in [4.78, 5) is 11.0. The van der Waals surface area contributed by atoms with Crippen molar-refractivity contribution in [2.24, 2.45) is 5.73 Å². The van der Waals surface area contributed by atoms with Crippen LogP contribution in [0.15, 0.2) is 11.6 Å². The van der Waals surface area contributed by atoms with Crippen LogP contribution in [0, 0.1) is 0 Å². The normalized spacial score (nSPS) is 12.0. The Balaban J connectivity index is 3.59. The van der Waals surface area contributed by atoms with Gasteiger partial charge in [0, 0.05) is 6.04 Å². The Kier molecular flexibility index (Phi) is 7.11. The minimum atomic E-state index is -0.197. The zero-order valence-electron chi connectivity index (χ0n) is 9.38. The summed E-state index contributed by atoms with van der Waals surface area (Å²) in [5.41, 5.74) is 7.05. The van der Waals surface area contributed by atoms with E-state index in [9.17, 15) is 4.79 Å². The molecule has 2 N–H and O–H groups in total. The van der Waals surface area contributed by atoms with Crippen molar-refractivity contribution < 1.29 is 9.53 Å². The highest BCUT2D eigenvalue weighted by atomic mass is 16.5. The van der Waals surface area contributed by atoms with Crippen LogP contribution in [-0.2, 0) is 9.53 Å². The number of carbonyl (C=O) groups excluding carboxylic acids is 1. The number of nitrogens with two attached hydrogens (primary N) is 1. The van der Waals surface area contributed by atoms with Gasteiger partial charge in [-0.1, -0.05) is 11.6 Å². The third kappa shape index (κ3) is 7.80. The van der Waals surface area contributed by atoms with E-state index in [1.165, 1.54) is 5.57 Å². The average molecular weight is 199 g/mol. The van der Waals surface area contributed by atoms with Gasteiger partial charge in [0.05, 0.1) is 13.0 Å². The number of esters is 1. The standard InChI is InChI=1S/C11H21NO2/c1-4-14-11(13)8-10(12)7-5-6-9(2)3/h6,10H,4-5,7-8,12H2,1-3H3/t10-/m0/s1. The monoisotopic (exact) mass is 199 g/mol. The predicted molar refractivity (Wildman–Crippen MR) is 57.9 cm³/mol. The van der Waals surface area contributed by atoms with Gasteiger partial charge < -0.3 is 10.5 Å². The van der Waals surface area contributed by atoms with Crippen molar-refractivity contribution >= 4 is 5.97 Å². The molecule has 14 heavy (non-hydrogen) atoms. The highest BCUT2D eigenvalue weighted by Crippen LogP contribution is 2.03. The molecule has 0 aliphatic carbocycles. The van der Waals surface area contributed by atoms with E-state index in [2.05, 4.69) is 19.9 Å². The van der Waals surface area contributed by atoms with Crippen molar-refractivity contribution in [3.05, 3.63) is 11.6 Å². The summed E-state index contributed by atoms with van der Waals surface area (Å²) in [6.45, 7) is 6.33. The minimum absolute atomic E-state index is 0.0790. The first-order chi connectivity index (χ1) is 6.56. The first-order valence-electron chi connectivity index (χ1n) is 5.10. The highest BCUT2D eigenvalue weighted by Gasteiger charge is 2.08. The van der Waals surface area contributed by atoms with Crippen LogP contribution in [0.1, 0.15) is 40.0 Å². The Morgan fingerprint density at radius 2 is 2.14 bits per heavy atom. The van der Waals surface area contributed by atoms with Gasteiger partial charge in [-0.15, -0.1) is 0 Å². The summed E-state index contributed by atoms with van der Waals surface area (Å²) in [6.07, 6.45) is 4.22. The molecule has 3 nitrogen and oxygen atoms in total. The molecule has 0 bridgehead atoms. The lowest BCUT2D eigenvalue weighted by Crippen LogP contribution is -2.24. The van der Waals surface area contributed by atoms with Gasteiger partial charge in [-0.3, -0.25) is 4.79 Å². The van der Waals surface area contributed by atoms with Crippen LogP contribution in [0.4, 0.5) is 0 Å². The van der Waals surface area contributed by atoms with E-state index in [-0.39, 0.29) is 12.0 Å². The second-order valence-electron chi connectivity index (χ2n) is 3.63. The zero-order chi connectivity index (χ0) is 11.0. The van der Waals surface area contributed by atoms with Gasteiger partial charge >= 0.3 is 5.97 Å². The van der Waals surface area contributed by atoms with E-state index in [1.807, 2.05) is 0 Å². The smallest absolute Gasteiger partial charge is 0.307 e. The fourth-order valence-electron chi connectivity index (χ4n) is 1.12. The van der Waals surface area contributed by atoms with Crippen molar-refractivity contribution in [1.29, 1.82) is 0 Å². The molecule has 0 aromatic rings. The number of rotatable bonds is 6. The molecular formula is C11H21NO2. The van der Waals surface area contributed by atoms with Crippen LogP contribution in [0.25, 0.3) is 0 Å². The maximum absolute atomic E-state index is 11.0. The van der Waals surface area contributed by atoms with Crippen molar-refractivity contribution in [2.75, 3.05) is 6.61 Å². The topological polar surface area (TPSA) is 52.3 Å². The van der Waals surface area contributed by atoms with Crippen molar-refractivity contribution in [1.82, 2.24) is 0 Å². The summed E-state index contributed by atoms with van der Waals surface area (Å²) in [7, 11) is 0. The zero-order valence-corrected chi connectivity index (χ0v) is 9.38. The Bertz CT molecular complexity index is 195. The van der Waals surface area contributed by atoms with Gasteiger partial charge in [-0.05, 0) is 33.6 Å². The van der Waals surface area contributed by atoms with Crippen LogP contribution < -0.4 is 5.73 Å². The molecule has 0 heterocycles. The molecule has 0 aromatic carbocycles. The number of ether oxygens (including phenoxy) is 1. The Morgan fingerprint density at radius 3 is 2.64 bits per heavy atom. The molecule has 0 amide bonds. The third-order valence-corrected chi connectivity index (χ3v) is 1.82. The van der Waals surface area contributed by atoms with Crippen molar-refractivity contribution in [3.63, 3.8) is 0 Å². The molecule has 0 unspecified atom stereocenters. The van der Waals surface area contributed by atoms with Gasteiger partial charge in [0.15, 0.2) is 0 Å². The molecule has 0 rings (SSSR count). The van der Waals surface area contributed by atoms with Crippen LogP contribution >= 0.6 is 0 Å². The van der Waals surface area contributed by atoms with Gasteiger partial charge in [-0.25, -0.2) is 0 Å². The van der Waals surface area contributed by atoms with Gasteiger partial charge in [0.1, 0.15) is 0 Å². The third-order valence-electron chi connectivity index (χ3n) is 1.82. The van der Waals surface area contributed by atoms with Crippen LogP contribution in [-0.4, -0.2) is 18.6 Å². The van der Waals surface area contributed by atoms with Crippen molar-refractivity contribution in [3.8, 4) is 0 Å². The first-order valence-corrected chi connectivity index (χ1v) is 5.10. The maximum atomic E-state index is 11.0. The molecule has 3 heteroatoms. The number of allylic oxidation sites excluding steroid dienone is 2. The number of hydrogen-bond donors (Lipinski definition) is 1. The SMILES string of the molecule is CCOC(=O)C[C@@H](N)CCC=C(C)C. The van der Waals surface area contributed by atoms with Crippen LogP contribution in [0.3, 0.4) is 0 Å². The fourth-order valence-corrected chi connectivity index (χ4v) is 1.12. The number of hydrogen-bond acceptors (Lipinski definition) is 3. The van der Waals surface area contributed by atoms with Crippen molar-refractivity contribution in [2.45, 2.75) is 46.1 Å². The van der Waals surface area contributed by atoms with E-state index < -0.39 is 0 Å². The summed E-state index contributed by atoms with van der Waals surface area (Å²) in [6, 6.07) is -0.0790. The molecule has 0 aliphatic rings. The number of carbonyl (C=O) groups is 1. The van der Waals surface area contributed by atoms with Crippen LogP contribution in [0.5, 0.6) is 0 Å². The summed E-state index contributed by atoms with van der Waals surface area (Å²) in [5.74, 6) is -0.197. The molecule has 0 saturated heterocycles.